The van der Waals surface area contributed by atoms with Gasteiger partial charge in [-0.3, -0.25) is 4.79 Å². The second kappa shape index (κ2) is 7.30. The van der Waals surface area contributed by atoms with Crippen LogP contribution in [0.4, 0.5) is 4.39 Å². The third-order valence-electron chi connectivity index (χ3n) is 2.57. The lowest BCUT2D eigenvalue weighted by Gasteiger charge is -2.13. The van der Waals surface area contributed by atoms with Crippen molar-refractivity contribution >= 4 is 31.9 Å². The number of amides is 1. The van der Waals surface area contributed by atoms with E-state index < -0.39 is 26.6 Å². The summed E-state index contributed by atoms with van der Waals surface area (Å²) in [6.07, 6.45) is -0.198. The van der Waals surface area contributed by atoms with Gasteiger partial charge in [-0.15, -0.1) is 0 Å². The lowest BCUT2D eigenvalue weighted by Crippen LogP contribution is -2.32. The monoisotopic (exact) mass is 382 g/mol. The van der Waals surface area contributed by atoms with E-state index in [1.807, 2.05) is 6.92 Å². The molecule has 1 atom stereocenters. The molecule has 0 fully saturated rings. The smallest absolute Gasteiger partial charge is 0.252 e. The lowest BCUT2D eigenvalue weighted by atomic mass is 10.2. The highest BCUT2D eigenvalue weighted by atomic mass is 79.9. The average Bonchev–Trinajstić information content (AvgIpc) is 2.34. The first-order chi connectivity index (χ1) is 9.66. The molecule has 118 valence electrons. The molecular weight excluding hydrogens is 367 g/mol. The number of benzene rings is 1. The Bertz CT molecular complexity index is 636. The van der Waals surface area contributed by atoms with Gasteiger partial charge in [-0.25, -0.2) is 17.9 Å². The van der Waals surface area contributed by atoms with E-state index in [0.717, 1.165) is 12.1 Å². The molecule has 21 heavy (non-hydrogen) atoms. The van der Waals surface area contributed by atoms with Gasteiger partial charge in [0.25, 0.3) is 5.91 Å². The van der Waals surface area contributed by atoms with E-state index in [-0.39, 0.29) is 22.7 Å². The molecule has 6 nitrogen and oxygen atoms in total. The summed E-state index contributed by atoms with van der Waals surface area (Å²) >= 11 is 3.02. The van der Waals surface area contributed by atoms with E-state index in [2.05, 4.69) is 21.2 Å². The molecule has 0 aliphatic heterocycles. The van der Waals surface area contributed by atoms with Gasteiger partial charge in [-0.1, -0.05) is 0 Å². The number of hydrogen-bond donors (Lipinski definition) is 2. The number of ether oxygens (including phenoxy) is 1. The van der Waals surface area contributed by atoms with Crippen LogP contribution in [0, 0.1) is 5.82 Å². The Labute approximate surface area is 131 Å². The highest BCUT2D eigenvalue weighted by Gasteiger charge is 2.20. The highest BCUT2D eigenvalue weighted by molar-refractivity contribution is 9.10. The topological polar surface area (TPSA) is 98.5 Å². The Morgan fingerprint density at radius 3 is 2.67 bits per heavy atom. The van der Waals surface area contributed by atoms with E-state index in [1.165, 1.54) is 0 Å². The van der Waals surface area contributed by atoms with Crippen molar-refractivity contribution in [1.29, 1.82) is 0 Å². The van der Waals surface area contributed by atoms with Crippen molar-refractivity contribution in [2.75, 3.05) is 13.2 Å². The van der Waals surface area contributed by atoms with E-state index in [1.54, 1.807) is 6.92 Å². The van der Waals surface area contributed by atoms with Crippen molar-refractivity contribution < 1.29 is 22.3 Å². The fourth-order valence-corrected chi connectivity index (χ4v) is 2.70. The van der Waals surface area contributed by atoms with Crippen LogP contribution in [0.2, 0.25) is 0 Å². The van der Waals surface area contributed by atoms with Gasteiger partial charge in [0.2, 0.25) is 10.0 Å². The molecule has 0 heterocycles. The molecule has 1 rings (SSSR count). The maximum atomic E-state index is 13.6. The molecule has 0 saturated carbocycles. The molecular formula is C12H16BrFN2O4S. The number of nitrogens with two attached hydrogens (primary N) is 1. The number of carbonyl (C=O) groups is 1. The van der Waals surface area contributed by atoms with Crippen molar-refractivity contribution in [2.45, 2.75) is 24.8 Å². The second-order valence-electron chi connectivity index (χ2n) is 4.28. The van der Waals surface area contributed by atoms with Gasteiger partial charge in [0.05, 0.1) is 11.7 Å². The number of halogens is 2. The maximum absolute atomic E-state index is 13.6. The summed E-state index contributed by atoms with van der Waals surface area (Å²) in [6, 6.07) is 1.79. The van der Waals surface area contributed by atoms with Crippen LogP contribution >= 0.6 is 15.9 Å². The molecule has 3 N–H and O–H groups in total. The molecule has 0 radical (unpaired) electrons. The van der Waals surface area contributed by atoms with Gasteiger partial charge in [0.1, 0.15) is 10.7 Å². The summed E-state index contributed by atoms with van der Waals surface area (Å²) in [7, 11) is -4.25. The second-order valence-corrected chi connectivity index (χ2v) is 6.67. The van der Waals surface area contributed by atoms with Crippen molar-refractivity contribution in [1.82, 2.24) is 5.32 Å². The van der Waals surface area contributed by atoms with Gasteiger partial charge >= 0.3 is 0 Å². The molecule has 0 saturated heterocycles. The largest absolute Gasteiger partial charge is 0.377 e. The molecule has 0 aliphatic carbocycles. The first-order valence-corrected chi connectivity index (χ1v) is 8.42. The fraction of sp³-hybridized carbons (Fsp3) is 0.417. The maximum Gasteiger partial charge on any atom is 0.252 e. The Balaban J connectivity index is 3.00. The van der Waals surface area contributed by atoms with Gasteiger partial charge in [-0.2, -0.15) is 0 Å². The van der Waals surface area contributed by atoms with Crippen molar-refractivity contribution in [2.24, 2.45) is 5.14 Å². The molecule has 9 heteroatoms. The predicted octanol–water partition coefficient (Wildman–Crippen LogP) is 1.39. The molecule has 0 bridgehead atoms. The number of rotatable bonds is 6. The summed E-state index contributed by atoms with van der Waals surface area (Å²) in [4.78, 5) is 11.3. The minimum atomic E-state index is -4.25. The summed E-state index contributed by atoms with van der Waals surface area (Å²) in [5.74, 6) is -1.58. The van der Waals surface area contributed by atoms with Crippen LogP contribution in [-0.2, 0) is 14.8 Å². The third-order valence-corrected chi connectivity index (χ3v) is 4.16. The van der Waals surface area contributed by atoms with Gasteiger partial charge in [0.15, 0.2) is 0 Å². The summed E-state index contributed by atoms with van der Waals surface area (Å²) in [5.41, 5.74) is -0.0240. The minimum absolute atomic E-state index is 0.0240. The Morgan fingerprint density at radius 1 is 1.52 bits per heavy atom. The van der Waals surface area contributed by atoms with Crippen molar-refractivity contribution in [3.63, 3.8) is 0 Å². The van der Waals surface area contributed by atoms with Crippen molar-refractivity contribution in [3.05, 3.63) is 28.0 Å². The lowest BCUT2D eigenvalue weighted by molar-refractivity contribution is 0.0694. The summed E-state index contributed by atoms with van der Waals surface area (Å²) in [6.45, 7) is 4.35. The number of nitrogens with one attached hydrogen (secondary N) is 1. The van der Waals surface area contributed by atoms with E-state index in [4.69, 9.17) is 9.88 Å². The molecule has 1 unspecified atom stereocenters. The van der Waals surface area contributed by atoms with Crippen LogP contribution in [0.15, 0.2) is 21.5 Å². The number of carbonyl (C=O) groups excluding carboxylic acids is 1. The summed E-state index contributed by atoms with van der Waals surface area (Å²) in [5, 5.41) is 7.47. The van der Waals surface area contributed by atoms with Crippen molar-refractivity contribution in [3.8, 4) is 0 Å². The zero-order valence-corrected chi connectivity index (χ0v) is 13.9. The number of sulfonamides is 1. The molecule has 0 spiro atoms. The highest BCUT2D eigenvalue weighted by Crippen LogP contribution is 2.23. The molecule has 1 amide bonds. The number of hydrogen-bond acceptors (Lipinski definition) is 4. The zero-order chi connectivity index (χ0) is 16.2. The SMILES string of the molecule is CCOC(C)CNC(=O)c1cc(S(N)(=O)=O)c(F)cc1Br. The zero-order valence-electron chi connectivity index (χ0n) is 11.5. The summed E-state index contributed by atoms with van der Waals surface area (Å²) < 4.78 is 41.5. The van der Waals surface area contributed by atoms with Gasteiger partial charge < -0.3 is 10.1 Å². The Hall–Kier alpha value is -1.03. The van der Waals surface area contributed by atoms with E-state index >= 15 is 0 Å². The van der Waals surface area contributed by atoms with Gasteiger partial charge in [-0.05, 0) is 41.9 Å². The molecule has 0 aliphatic rings. The van der Waals surface area contributed by atoms with Crippen LogP contribution in [0.25, 0.3) is 0 Å². The van der Waals surface area contributed by atoms with Crippen LogP contribution in [0.5, 0.6) is 0 Å². The van der Waals surface area contributed by atoms with E-state index in [0.29, 0.717) is 6.61 Å². The van der Waals surface area contributed by atoms with Crippen LogP contribution in [0.3, 0.4) is 0 Å². The van der Waals surface area contributed by atoms with Crippen LogP contribution in [-0.4, -0.2) is 33.6 Å². The molecule has 1 aromatic carbocycles. The minimum Gasteiger partial charge on any atom is -0.377 e. The van der Waals surface area contributed by atoms with Crippen LogP contribution in [0.1, 0.15) is 24.2 Å². The Kier molecular flexibility index (Phi) is 6.26. The van der Waals surface area contributed by atoms with Crippen LogP contribution < -0.4 is 10.5 Å². The Morgan fingerprint density at radius 2 is 2.14 bits per heavy atom. The number of primary sulfonamides is 1. The quantitative estimate of drug-likeness (QED) is 0.776. The third kappa shape index (κ3) is 5.03. The fourth-order valence-electron chi connectivity index (χ4n) is 1.60. The molecule has 0 aromatic heterocycles. The first-order valence-electron chi connectivity index (χ1n) is 6.08. The average molecular weight is 383 g/mol. The molecule has 1 aromatic rings. The first kappa shape index (κ1) is 18.0. The van der Waals surface area contributed by atoms with Gasteiger partial charge in [0, 0.05) is 17.6 Å². The van der Waals surface area contributed by atoms with E-state index in [9.17, 15) is 17.6 Å². The normalized spacial score (nSPS) is 13.0. The standard InChI is InChI=1S/C12H16BrFN2O4S/c1-3-20-7(2)6-16-12(17)8-4-11(21(15,18)19)10(14)5-9(8)13/h4-5,7H,3,6H2,1-2H3,(H,16,17)(H2,15,18,19). The predicted molar refractivity (Wildman–Crippen MR) is 78.9 cm³/mol.